The number of aryl methyl sites for hydroxylation is 1. The highest BCUT2D eigenvalue weighted by Crippen LogP contribution is 2.31. The summed E-state index contributed by atoms with van der Waals surface area (Å²) in [4.78, 5) is 24.0. The quantitative estimate of drug-likeness (QED) is 0.771. The Hall–Kier alpha value is -2.71. The molecule has 0 bridgehead atoms. The van der Waals surface area contributed by atoms with Gasteiger partial charge in [-0.2, -0.15) is 5.10 Å². The highest BCUT2D eigenvalue weighted by molar-refractivity contribution is 5.90. The topological polar surface area (TPSA) is 101 Å². The van der Waals surface area contributed by atoms with Crippen molar-refractivity contribution in [1.29, 1.82) is 0 Å². The zero-order valence-corrected chi connectivity index (χ0v) is 14.5. The van der Waals surface area contributed by atoms with Crippen molar-refractivity contribution in [2.24, 2.45) is 7.05 Å². The SMILES string of the molecule is COC(=O)c1cn([C@@H]2CCCC[C@@H]2OC(=O)c2cnn(C)c2C)nn1. The van der Waals surface area contributed by atoms with Crippen LogP contribution in [-0.2, 0) is 16.5 Å². The second-order valence-corrected chi connectivity index (χ2v) is 6.14. The summed E-state index contributed by atoms with van der Waals surface area (Å²) in [5, 5.41) is 11.9. The maximum atomic E-state index is 12.5. The van der Waals surface area contributed by atoms with E-state index in [-0.39, 0.29) is 17.8 Å². The summed E-state index contributed by atoms with van der Waals surface area (Å²) in [5.74, 6) is -0.933. The van der Waals surface area contributed by atoms with E-state index in [2.05, 4.69) is 20.1 Å². The Bertz CT molecular complexity index is 781. The van der Waals surface area contributed by atoms with Crippen LogP contribution in [-0.4, -0.2) is 49.9 Å². The van der Waals surface area contributed by atoms with Crippen molar-refractivity contribution in [3.8, 4) is 0 Å². The number of rotatable bonds is 4. The van der Waals surface area contributed by atoms with Crippen LogP contribution in [0.5, 0.6) is 0 Å². The number of methoxy groups -OCH3 is 1. The maximum absolute atomic E-state index is 12.5. The van der Waals surface area contributed by atoms with E-state index >= 15 is 0 Å². The molecule has 1 aliphatic rings. The molecule has 1 fully saturated rings. The maximum Gasteiger partial charge on any atom is 0.360 e. The molecule has 0 aromatic carbocycles. The Morgan fingerprint density at radius 2 is 2.00 bits per heavy atom. The number of ether oxygens (including phenoxy) is 2. The first-order valence-corrected chi connectivity index (χ1v) is 8.21. The third-order valence-electron chi connectivity index (χ3n) is 4.63. The first-order valence-electron chi connectivity index (χ1n) is 8.21. The number of carbonyl (C=O) groups is 2. The van der Waals surface area contributed by atoms with E-state index in [0.29, 0.717) is 5.56 Å². The average Bonchev–Trinajstić information content (AvgIpc) is 3.23. The molecule has 25 heavy (non-hydrogen) atoms. The largest absolute Gasteiger partial charge is 0.464 e. The Kier molecular flexibility index (Phi) is 4.82. The molecule has 1 saturated carbocycles. The van der Waals surface area contributed by atoms with Crippen molar-refractivity contribution in [3.63, 3.8) is 0 Å². The standard InChI is InChI=1S/C16H21N5O4/c1-10-11(8-17-20(10)2)15(22)25-14-7-5-4-6-13(14)21-9-12(18-19-21)16(23)24-3/h8-9,13-14H,4-7H2,1-3H3/t13-,14+/m1/s1. The lowest BCUT2D eigenvalue weighted by molar-refractivity contribution is 0.00165. The third-order valence-corrected chi connectivity index (χ3v) is 4.63. The second-order valence-electron chi connectivity index (χ2n) is 6.14. The molecule has 1 aliphatic carbocycles. The van der Waals surface area contributed by atoms with Crippen LogP contribution in [0.3, 0.4) is 0 Å². The lowest BCUT2D eigenvalue weighted by Gasteiger charge is -2.30. The van der Waals surface area contributed by atoms with Crippen molar-refractivity contribution in [2.75, 3.05) is 7.11 Å². The van der Waals surface area contributed by atoms with Gasteiger partial charge in [-0.05, 0) is 26.2 Å². The molecule has 134 valence electrons. The van der Waals surface area contributed by atoms with Gasteiger partial charge in [0.05, 0.1) is 25.5 Å². The molecule has 0 N–H and O–H groups in total. The number of hydrogen-bond acceptors (Lipinski definition) is 7. The van der Waals surface area contributed by atoms with E-state index in [1.165, 1.54) is 19.5 Å². The zero-order valence-electron chi connectivity index (χ0n) is 14.5. The first kappa shape index (κ1) is 17.1. The summed E-state index contributed by atoms with van der Waals surface area (Å²) < 4.78 is 13.6. The Labute approximate surface area is 144 Å². The molecule has 9 nitrogen and oxygen atoms in total. The normalized spacial score (nSPS) is 20.3. The molecule has 2 aromatic heterocycles. The van der Waals surface area contributed by atoms with Gasteiger partial charge < -0.3 is 9.47 Å². The molecule has 2 aromatic rings. The van der Waals surface area contributed by atoms with Gasteiger partial charge in [-0.3, -0.25) is 4.68 Å². The predicted molar refractivity (Wildman–Crippen MR) is 86.0 cm³/mol. The van der Waals surface area contributed by atoms with E-state index < -0.39 is 11.9 Å². The lowest BCUT2D eigenvalue weighted by Crippen LogP contribution is -2.32. The van der Waals surface area contributed by atoms with Crippen LogP contribution < -0.4 is 0 Å². The van der Waals surface area contributed by atoms with E-state index in [9.17, 15) is 9.59 Å². The summed E-state index contributed by atoms with van der Waals surface area (Å²) in [6.45, 7) is 1.82. The number of hydrogen-bond donors (Lipinski definition) is 0. The molecule has 2 atom stereocenters. The average molecular weight is 347 g/mol. The van der Waals surface area contributed by atoms with Crippen molar-refractivity contribution >= 4 is 11.9 Å². The molecule has 9 heteroatoms. The predicted octanol–water partition coefficient (Wildman–Crippen LogP) is 1.45. The minimum atomic E-state index is -0.540. The summed E-state index contributed by atoms with van der Waals surface area (Å²) >= 11 is 0. The van der Waals surface area contributed by atoms with Gasteiger partial charge in [0.1, 0.15) is 11.7 Å². The molecule has 0 aliphatic heterocycles. The van der Waals surface area contributed by atoms with Crippen LogP contribution in [0.4, 0.5) is 0 Å². The highest BCUT2D eigenvalue weighted by atomic mass is 16.5. The van der Waals surface area contributed by atoms with Gasteiger partial charge >= 0.3 is 11.9 Å². The summed E-state index contributed by atoms with van der Waals surface area (Å²) in [6, 6.07) is -0.152. The van der Waals surface area contributed by atoms with Crippen LogP contribution in [0.2, 0.25) is 0 Å². The fourth-order valence-electron chi connectivity index (χ4n) is 3.05. The van der Waals surface area contributed by atoms with Crippen LogP contribution in [0, 0.1) is 6.92 Å². The smallest absolute Gasteiger partial charge is 0.360 e. The van der Waals surface area contributed by atoms with Gasteiger partial charge in [0.2, 0.25) is 0 Å². The number of aromatic nitrogens is 5. The molecule has 3 rings (SSSR count). The molecule has 0 radical (unpaired) electrons. The fourth-order valence-corrected chi connectivity index (χ4v) is 3.05. The van der Waals surface area contributed by atoms with E-state index in [1.807, 2.05) is 6.92 Å². The highest BCUT2D eigenvalue weighted by Gasteiger charge is 2.32. The van der Waals surface area contributed by atoms with Gasteiger partial charge in [-0.1, -0.05) is 11.6 Å². The minimum absolute atomic E-state index is 0.140. The molecular formula is C16H21N5O4. The van der Waals surface area contributed by atoms with Crippen molar-refractivity contribution in [2.45, 2.75) is 44.8 Å². The minimum Gasteiger partial charge on any atom is -0.464 e. The van der Waals surface area contributed by atoms with Crippen molar-refractivity contribution in [1.82, 2.24) is 24.8 Å². The molecule has 2 heterocycles. The Morgan fingerprint density at radius 1 is 1.24 bits per heavy atom. The van der Waals surface area contributed by atoms with Crippen LogP contribution in [0.1, 0.15) is 58.3 Å². The van der Waals surface area contributed by atoms with E-state index in [1.54, 1.807) is 16.4 Å². The molecular weight excluding hydrogens is 326 g/mol. The Morgan fingerprint density at radius 3 is 2.68 bits per heavy atom. The summed E-state index contributed by atoms with van der Waals surface area (Å²) in [6.07, 6.45) is 6.24. The van der Waals surface area contributed by atoms with E-state index in [4.69, 9.17) is 4.74 Å². The van der Waals surface area contributed by atoms with Gasteiger partial charge in [0.25, 0.3) is 0 Å². The fraction of sp³-hybridized carbons (Fsp3) is 0.562. The monoisotopic (exact) mass is 347 g/mol. The van der Waals surface area contributed by atoms with Crippen LogP contribution >= 0.6 is 0 Å². The number of esters is 2. The zero-order chi connectivity index (χ0) is 18.0. The van der Waals surface area contributed by atoms with Gasteiger partial charge in [-0.15, -0.1) is 5.10 Å². The number of nitrogens with zero attached hydrogens (tertiary/aromatic N) is 5. The van der Waals surface area contributed by atoms with E-state index in [0.717, 1.165) is 31.4 Å². The summed E-state index contributed by atoms with van der Waals surface area (Å²) in [7, 11) is 3.07. The van der Waals surface area contributed by atoms with Gasteiger partial charge in [-0.25, -0.2) is 14.3 Å². The number of carbonyl (C=O) groups excluding carboxylic acids is 2. The third kappa shape index (κ3) is 3.40. The molecule has 0 amide bonds. The summed E-state index contributed by atoms with van der Waals surface area (Å²) in [5.41, 5.74) is 1.35. The van der Waals surface area contributed by atoms with Crippen molar-refractivity contribution in [3.05, 3.63) is 29.3 Å². The van der Waals surface area contributed by atoms with Gasteiger partial charge in [0, 0.05) is 12.7 Å². The van der Waals surface area contributed by atoms with Crippen LogP contribution in [0.15, 0.2) is 12.4 Å². The lowest BCUT2D eigenvalue weighted by atomic mass is 9.92. The van der Waals surface area contributed by atoms with Crippen LogP contribution in [0.25, 0.3) is 0 Å². The van der Waals surface area contributed by atoms with Crippen molar-refractivity contribution < 1.29 is 19.1 Å². The molecule has 0 saturated heterocycles. The van der Waals surface area contributed by atoms with Gasteiger partial charge in [0.15, 0.2) is 5.69 Å². The first-order chi connectivity index (χ1) is 12.0. The second kappa shape index (κ2) is 7.04. The Balaban J connectivity index is 1.77. The molecule has 0 spiro atoms. The molecule has 0 unspecified atom stereocenters.